The highest BCUT2D eigenvalue weighted by atomic mass is 32.2. The molecule has 2 N–H and O–H groups in total. The molecule has 0 saturated carbocycles. The van der Waals surface area contributed by atoms with Crippen molar-refractivity contribution in [3.63, 3.8) is 0 Å². The number of hydrogen-bond acceptors (Lipinski definition) is 4. The van der Waals surface area contributed by atoms with Gasteiger partial charge < -0.3 is 5.32 Å². The van der Waals surface area contributed by atoms with E-state index in [9.17, 15) is 8.42 Å². The topological polar surface area (TPSA) is 71.1 Å². The van der Waals surface area contributed by atoms with Crippen LogP contribution in [0.15, 0.2) is 41.4 Å². The summed E-state index contributed by atoms with van der Waals surface area (Å²) < 4.78 is 27.6. The first kappa shape index (κ1) is 12.5. The number of aromatic nitrogens is 1. The van der Waals surface area contributed by atoms with Crippen LogP contribution in [-0.2, 0) is 10.0 Å². The van der Waals surface area contributed by atoms with Gasteiger partial charge in [-0.2, -0.15) is 0 Å². The number of rotatable bonds is 3. The molecule has 0 radical (unpaired) electrons. The summed E-state index contributed by atoms with van der Waals surface area (Å²) in [5.74, 6) is 0. The molecule has 0 unspecified atom stereocenters. The Morgan fingerprint density at radius 1 is 1.26 bits per heavy atom. The summed E-state index contributed by atoms with van der Waals surface area (Å²) in [4.78, 5) is 4.48. The van der Waals surface area contributed by atoms with E-state index in [0.717, 1.165) is 13.0 Å². The van der Waals surface area contributed by atoms with Crippen LogP contribution in [0.1, 0.15) is 6.42 Å². The maximum atomic E-state index is 12.4. The van der Waals surface area contributed by atoms with Gasteiger partial charge in [0, 0.05) is 24.2 Å². The predicted octanol–water partition coefficient (Wildman–Crippen LogP) is 0.875. The van der Waals surface area contributed by atoms with Crippen molar-refractivity contribution in [2.45, 2.75) is 17.4 Å². The normalized spacial score (nSPS) is 19.9. The van der Waals surface area contributed by atoms with Crippen LogP contribution in [0.5, 0.6) is 0 Å². The lowest BCUT2D eigenvalue weighted by Crippen LogP contribution is -2.36. The van der Waals surface area contributed by atoms with Crippen molar-refractivity contribution < 1.29 is 8.42 Å². The summed E-state index contributed by atoms with van der Waals surface area (Å²) in [5, 5.41) is 3.80. The van der Waals surface area contributed by atoms with Gasteiger partial charge in [-0.05, 0) is 37.2 Å². The van der Waals surface area contributed by atoms with Gasteiger partial charge in [-0.3, -0.25) is 4.98 Å². The molecular weight excluding hydrogens is 262 g/mol. The van der Waals surface area contributed by atoms with Crippen molar-refractivity contribution in [2.75, 3.05) is 13.1 Å². The lowest BCUT2D eigenvalue weighted by atomic mass is 10.2. The molecule has 1 aromatic carbocycles. The number of sulfonamides is 1. The molecule has 0 bridgehead atoms. The number of fused-ring (bicyclic) bond motifs is 1. The zero-order chi connectivity index (χ0) is 13.3. The molecule has 2 aromatic rings. The third kappa shape index (κ3) is 2.47. The van der Waals surface area contributed by atoms with E-state index in [1.165, 1.54) is 0 Å². The van der Waals surface area contributed by atoms with E-state index < -0.39 is 10.0 Å². The SMILES string of the molecule is O=S(=O)(N[C@@H]1CCNC1)c1cccc2ncccc12. The molecular formula is C13H15N3O2S. The van der Waals surface area contributed by atoms with Crippen LogP contribution in [0, 0.1) is 0 Å². The molecule has 6 heteroatoms. The van der Waals surface area contributed by atoms with E-state index in [4.69, 9.17) is 0 Å². The summed E-state index contributed by atoms with van der Waals surface area (Å²) in [7, 11) is -3.50. The van der Waals surface area contributed by atoms with Crippen molar-refractivity contribution in [1.29, 1.82) is 0 Å². The summed E-state index contributed by atoms with van der Waals surface area (Å²) >= 11 is 0. The van der Waals surface area contributed by atoms with E-state index in [0.29, 0.717) is 22.3 Å². The third-order valence-electron chi connectivity index (χ3n) is 3.28. The second-order valence-corrected chi connectivity index (χ2v) is 6.32. The fraction of sp³-hybridized carbons (Fsp3) is 0.308. The van der Waals surface area contributed by atoms with Gasteiger partial charge in [-0.1, -0.05) is 6.07 Å². The van der Waals surface area contributed by atoms with Crippen molar-refractivity contribution >= 4 is 20.9 Å². The molecule has 0 amide bonds. The number of hydrogen-bond donors (Lipinski definition) is 2. The number of nitrogens with zero attached hydrogens (tertiary/aromatic N) is 1. The molecule has 1 aliphatic heterocycles. The first-order valence-corrected chi connectivity index (χ1v) is 7.72. The molecule has 1 aromatic heterocycles. The zero-order valence-electron chi connectivity index (χ0n) is 10.3. The average molecular weight is 277 g/mol. The van der Waals surface area contributed by atoms with E-state index in [1.807, 2.05) is 6.07 Å². The van der Waals surface area contributed by atoms with Crippen LogP contribution in [0.4, 0.5) is 0 Å². The minimum atomic E-state index is -3.50. The molecule has 1 saturated heterocycles. The highest BCUT2D eigenvalue weighted by molar-refractivity contribution is 7.89. The van der Waals surface area contributed by atoms with Crippen LogP contribution in [0.25, 0.3) is 10.9 Å². The van der Waals surface area contributed by atoms with Gasteiger partial charge in [0.05, 0.1) is 10.4 Å². The van der Waals surface area contributed by atoms with Crippen molar-refractivity contribution in [3.05, 3.63) is 36.5 Å². The maximum Gasteiger partial charge on any atom is 0.241 e. The first-order valence-electron chi connectivity index (χ1n) is 6.24. The molecule has 19 heavy (non-hydrogen) atoms. The van der Waals surface area contributed by atoms with Crippen LogP contribution >= 0.6 is 0 Å². The van der Waals surface area contributed by atoms with Gasteiger partial charge in [0.15, 0.2) is 0 Å². The predicted molar refractivity (Wildman–Crippen MR) is 73.3 cm³/mol. The van der Waals surface area contributed by atoms with E-state index >= 15 is 0 Å². The molecule has 1 aliphatic rings. The van der Waals surface area contributed by atoms with Crippen LogP contribution in [0.3, 0.4) is 0 Å². The fourth-order valence-corrected chi connectivity index (χ4v) is 3.83. The molecule has 5 nitrogen and oxygen atoms in total. The maximum absolute atomic E-state index is 12.4. The lowest BCUT2D eigenvalue weighted by Gasteiger charge is -2.13. The van der Waals surface area contributed by atoms with Crippen LogP contribution in [0.2, 0.25) is 0 Å². The van der Waals surface area contributed by atoms with Gasteiger partial charge >= 0.3 is 0 Å². The summed E-state index contributed by atoms with van der Waals surface area (Å²) in [6.45, 7) is 1.53. The Balaban J connectivity index is 2.02. The molecule has 1 atom stereocenters. The van der Waals surface area contributed by atoms with Gasteiger partial charge in [-0.25, -0.2) is 13.1 Å². The Kier molecular flexibility index (Phi) is 3.22. The Morgan fingerprint density at radius 2 is 2.16 bits per heavy atom. The Morgan fingerprint density at radius 3 is 2.95 bits per heavy atom. The second-order valence-electron chi connectivity index (χ2n) is 4.64. The lowest BCUT2D eigenvalue weighted by molar-refractivity contribution is 0.561. The molecule has 2 heterocycles. The molecule has 0 aliphatic carbocycles. The summed E-state index contributed by atoms with van der Waals surface area (Å²) in [6, 6.07) is 8.65. The average Bonchev–Trinajstić information content (AvgIpc) is 2.90. The van der Waals surface area contributed by atoms with E-state index in [1.54, 1.807) is 30.5 Å². The van der Waals surface area contributed by atoms with Gasteiger partial charge in [0.25, 0.3) is 0 Å². The van der Waals surface area contributed by atoms with Crippen LogP contribution < -0.4 is 10.0 Å². The largest absolute Gasteiger partial charge is 0.315 e. The molecule has 100 valence electrons. The number of pyridine rings is 1. The molecule has 3 rings (SSSR count). The Labute approximate surface area is 112 Å². The first-order chi connectivity index (χ1) is 9.17. The Hall–Kier alpha value is -1.50. The smallest absolute Gasteiger partial charge is 0.241 e. The van der Waals surface area contributed by atoms with Crippen molar-refractivity contribution in [3.8, 4) is 0 Å². The van der Waals surface area contributed by atoms with E-state index in [2.05, 4.69) is 15.0 Å². The summed E-state index contributed by atoms with van der Waals surface area (Å²) in [6.07, 6.45) is 2.48. The van der Waals surface area contributed by atoms with E-state index in [-0.39, 0.29) is 6.04 Å². The highest BCUT2D eigenvalue weighted by Gasteiger charge is 2.24. The van der Waals surface area contributed by atoms with Gasteiger partial charge in [0.1, 0.15) is 0 Å². The van der Waals surface area contributed by atoms with Crippen molar-refractivity contribution in [2.24, 2.45) is 0 Å². The number of benzene rings is 1. The molecule has 1 fully saturated rings. The van der Waals surface area contributed by atoms with Crippen molar-refractivity contribution in [1.82, 2.24) is 15.0 Å². The second kappa shape index (κ2) is 4.88. The standard InChI is InChI=1S/C13H15N3O2S/c17-19(18,16-10-6-8-14-9-10)13-5-1-4-12-11(13)3-2-7-15-12/h1-5,7,10,14,16H,6,8-9H2/t10-/m1/s1. The monoisotopic (exact) mass is 277 g/mol. The highest BCUT2D eigenvalue weighted by Crippen LogP contribution is 2.21. The minimum Gasteiger partial charge on any atom is -0.315 e. The molecule has 0 spiro atoms. The Bertz CT molecular complexity index is 689. The fourth-order valence-electron chi connectivity index (χ4n) is 2.35. The third-order valence-corrected chi connectivity index (χ3v) is 4.86. The number of nitrogens with one attached hydrogen (secondary N) is 2. The minimum absolute atomic E-state index is 0.0306. The van der Waals surface area contributed by atoms with Crippen LogP contribution in [-0.4, -0.2) is 32.5 Å². The van der Waals surface area contributed by atoms with Gasteiger partial charge in [0.2, 0.25) is 10.0 Å². The zero-order valence-corrected chi connectivity index (χ0v) is 11.2. The summed E-state index contributed by atoms with van der Waals surface area (Å²) in [5.41, 5.74) is 0.690. The van der Waals surface area contributed by atoms with Gasteiger partial charge in [-0.15, -0.1) is 0 Å². The quantitative estimate of drug-likeness (QED) is 0.873.